The monoisotopic (exact) mass is 419 g/mol. The molecule has 166 valence electrons. The van der Waals surface area contributed by atoms with Crippen molar-refractivity contribution in [1.29, 1.82) is 0 Å². The van der Waals surface area contributed by atoms with Crippen molar-refractivity contribution in [3.05, 3.63) is 29.8 Å². The van der Waals surface area contributed by atoms with Crippen LogP contribution in [0, 0.1) is 5.92 Å². The molecule has 3 amide bonds. The zero-order chi connectivity index (χ0) is 22.1. The normalized spacial score (nSPS) is 14.7. The van der Waals surface area contributed by atoms with Gasteiger partial charge in [0.05, 0.1) is 20.1 Å². The van der Waals surface area contributed by atoms with Gasteiger partial charge < -0.3 is 25.0 Å². The average molecular weight is 420 g/mol. The zero-order valence-corrected chi connectivity index (χ0v) is 18.3. The molecule has 1 aromatic carbocycles. The molecule has 8 heteroatoms. The van der Waals surface area contributed by atoms with Crippen LogP contribution in [0.3, 0.4) is 0 Å². The van der Waals surface area contributed by atoms with Crippen molar-refractivity contribution < 1.29 is 23.9 Å². The van der Waals surface area contributed by atoms with Gasteiger partial charge in [0.15, 0.2) is 0 Å². The third kappa shape index (κ3) is 8.31. The molecule has 0 saturated carbocycles. The number of nitrogens with one attached hydrogen (secondary N) is 2. The van der Waals surface area contributed by atoms with Crippen LogP contribution < -0.4 is 15.4 Å². The SMILES string of the molecule is COc1cccc(CC(=O)N2CCC(CNC(=O)CNC(=O)OC(C)(C)C)CC2)c1. The standard InChI is InChI=1S/C22H33N3O5/c1-22(2,3)30-21(28)24-15-19(26)23-14-16-8-10-25(11-9-16)20(27)13-17-6-5-7-18(12-17)29-4/h5-7,12,16H,8-11,13-15H2,1-4H3,(H,23,26)(H,24,28). The summed E-state index contributed by atoms with van der Waals surface area (Å²) in [5.41, 5.74) is 0.338. The molecule has 1 aliphatic heterocycles. The van der Waals surface area contributed by atoms with Crippen molar-refractivity contribution in [3.63, 3.8) is 0 Å². The van der Waals surface area contributed by atoms with Crippen LogP contribution in [0.4, 0.5) is 4.79 Å². The molecule has 1 heterocycles. The van der Waals surface area contributed by atoms with Crippen molar-refractivity contribution >= 4 is 17.9 Å². The first-order valence-electron chi connectivity index (χ1n) is 10.3. The van der Waals surface area contributed by atoms with Gasteiger partial charge in [-0.15, -0.1) is 0 Å². The molecule has 8 nitrogen and oxygen atoms in total. The Bertz CT molecular complexity index is 737. The second-order valence-electron chi connectivity index (χ2n) is 8.51. The minimum Gasteiger partial charge on any atom is -0.497 e. The molecular weight excluding hydrogens is 386 g/mol. The van der Waals surface area contributed by atoms with E-state index in [1.165, 1.54) is 0 Å². The molecule has 0 aromatic heterocycles. The number of nitrogens with zero attached hydrogens (tertiary/aromatic N) is 1. The van der Waals surface area contributed by atoms with Gasteiger partial charge in [0, 0.05) is 19.6 Å². The summed E-state index contributed by atoms with van der Waals surface area (Å²) in [5.74, 6) is 0.914. The first-order chi connectivity index (χ1) is 14.2. The van der Waals surface area contributed by atoms with Crippen LogP contribution in [-0.4, -0.2) is 61.7 Å². The second kappa shape index (κ2) is 10.8. The molecule has 2 rings (SSSR count). The number of benzene rings is 1. The van der Waals surface area contributed by atoms with E-state index in [4.69, 9.17) is 9.47 Å². The van der Waals surface area contributed by atoms with Crippen molar-refractivity contribution in [2.45, 2.75) is 45.6 Å². The summed E-state index contributed by atoms with van der Waals surface area (Å²) in [7, 11) is 1.61. The number of likely N-dealkylation sites (tertiary alicyclic amines) is 1. The molecule has 1 aromatic rings. The molecule has 1 aliphatic rings. The van der Waals surface area contributed by atoms with E-state index >= 15 is 0 Å². The molecular formula is C22H33N3O5. The zero-order valence-electron chi connectivity index (χ0n) is 18.3. The number of carbonyl (C=O) groups excluding carboxylic acids is 3. The molecule has 0 bridgehead atoms. The maximum absolute atomic E-state index is 12.6. The van der Waals surface area contributed by atoms with E-state index in [1.54, 1.807) is 27.9 Å². The number of ether oxygens (including phenoxy) is 2. The average Bonchev–Trinajstić information content (AvgIpc) is 2.70. The highest BCUT2D eigenvalue weighted by Crippen LogP contribution is 2.19. The lowest BCUT2D eigenvalue weighted by Gasteiger charge is -2.32. The Morgan fingerprint density at radius 1 is 1.13 bits per heavy atom. The number of rotatable bonds is 7. The van der Waals surface area contributed by atoms with Crippen LogP contribution in [-0.2, 0) is 20.7 Å². The van der Waals surface area contributed by atoms with Gasteiger partial charge >= 0.3 is 6.09 Å². The first kappa shape index (κ1) is 23.5. The van der Waals surface area contributed by atoms with Gasteiger partial charge in [0.25, 0.3) is 0 Å². The fourth-order valence-corrected chi connectivity index (χ4v) is 3.24. The van der Waals surface area contributed by atoms with Crippen molar-refractivity contribution in [2.24, 2.45) is 5.92 Å². The van der Waals surface area contributed by atoms with Gasteiger partial charge in [-0.25, -0.2) is 4.79 Å². The molecule has 1 saturated heterocycles. The first-order valence-corrected chi connectivity index (χ1v) is 10.3. The van der Waals surface area contributed by atoms with Crippen molar-refractivity contribution in [2.75, 3.05) is 33.3 Å². The highest BCUT2D eigenvalue weighted by atomic mass is 16.6. The van der Waals surface area contributed by atoms with Crippen LogP contribution in [0.15, 0.2) is 24.3 Å². The number of methoxy groups -OCH3 is 1. The maximum Gasteiger partial charge on any atom is 0.408 e. The number of alkyl carbamates (subject to hydrolysis) is 1. The molecule has 0 spiro atoms. The largest absolute Gasteiger partial charge is 0.497 e. The topological polar surface area (TPSA) is 97.0 Å². The molecule has 0 aliphatic carbocycles. The Morgan fingerprint density at radius 2 is 1.83 bits per heavy atom. The summed E-state index contributed by atoms with van der Waals surface area (Å²) >= 11 is 0. The second-order valence-corrected chi connectivity index (χ2v) is 8.51. The summed E-state index contributed by atoms with van der Waals surface area (Å²) in [6.07, 6.45) is 1.42. The fourth-order valence-electron chi connectivity index (χ4n) is 3.24. The predicted molar refractivity (Wildman–Crippen MR) is 113 cm³/mol. The van der Waals surface area contributed by atoms with E-state index in [1.807, 2.05) is 29.2 Å². The number of piperidine rings is 1. The Hall–Kier alpha value is -2.77. The molecule has 0 radical (unpaired) electrons. The Morgan fingerprint density at radius 3 is 2.47 bits per heavy atom. The maximum atomic E-state index is 12.6. The quantitative estimate of drug-likeness (QED) is 0.706. The van der Waals surface area contributed by atoms with Crippen molar-refractivity contribution in [1.82, 2.24) is 15.5 Å². The molecule has 2 N–H and O–H groups in total. The van der Waals surface area contributed by atoms with Gasteiger partial charge in [-0.05, 0) is 57.2 Å². The minimum absolute atomic E-state index is 0.104. The summed E-state index contributed by atoms with van der Waals surface area (Å²) in [4.78, 5) is 37.9. The van der Waals surface area contributed by atoms with E-state index < -0.39 is 11.7 Å². The van der Waals surface area contributed by atoms with Crippen molar-refractivity contribution in [3.8, 4) is 5.75 Å². The molecule has 0 unspecified atom stereocenters. The Balaban J connectivity index is 1.66. The van der Waals surface area contributed by atoms with Crippen LogP contribution in [0.2, 0.25) is 0 Å². The lowest BCUT2D eigenvalue weighted by molar-refractivity contribution is -0.132. The third-order valence-corrected chi connectivity index (χ3v) is 4.84. The van der Waals surface area contributed by atoms with Crippen LogP contribution >= 0.6 is 0 Å². The number of hydrogen-bond acceptors (Lipinski definition) is 5. The van der Waals surface area contributed by atoms with E-state index in [9.17, 15) is 14.4 Å². The molecule has 30 heavy (non-hydrogen) atoms. The van der Waals surface area contributed by atoms with Crippen LogP contribution in [0.25, 0.3) is 0 Å². The fraction of sp³-hybridized carbons (Fsp3) is 0.591. The number of amides is 3. The summed E-state index contributed by atoms with van der Waals surface area (Å²) in [6, 6.07) is 7.55. The van der Waals surface area contributed by atoms with E-state index in [2.05, 4.69) is 10.6 Å². The lowest BCUT2D eigenvalue weighted by Crippen LogP contribution is -2.44. The van der Waals surface area contributed by atoms with Gasteiger partial charge in [-0.1, -0.05) is 12.1 Å². The Kier molecular flexibility index (Phi) is 8.50. The molecule has 1 fully saturated rings. The van der Waals surface area contributed by atoms with Crippen LogP contribution in [0.5, 0.6) is 5.75 Å². The Labute approximate surface area is 178 Å². The summed E-state index contributed by atoms with van der Waals surface area (Å²) in [6.45, 7) is 7.07. The highest BCUT2D eigenvalue weighted by Gasteiger charge is 2.23. The lowest BCUT2D eigenvalue weighted by atomic mass is 9.96. The van der Waals surface area contributed by atoms with Gasteiger partial charge in [0.2, 0.25) is 11.8 Å². The number of hydrogen-bond donors (Lipinski definition) is 2. The van der Waals surface area contributed by atoms with E-state index in [-0.39, 0.29) is 18.4 Å². The smallest absolute Gasteiger partial charge is 0.408 e. The van der Waals surface area contributed by atoms with E-state index in [0.29, 0.717) is 32.0 Å². The van der Waals surface area contributed by atoms with Crippen LogP contribution in [0.1, 0.15) is 39.2 Å². The highest BCUT2D eigenvalue weighted by molar-refractivity contribution is 5.82. The van der Waals surface area contributed by atoms with Gasteiger partial charge in [0.1, 0.15) is 11.4 Å². The molecule has 0 atom stereocenters. The minimum atomic E-state index is -0.611. The summed E-state index contributed by atoms with van der Waals surface area (Å²) < 4.78 is 10.3. The third-order valence-electron chi connectivity index (χ3n) is 4.84. The van der Waals surface area contributed by atoms with Gasteiger partial charge in [-0.2, -0.15) is 0 Å². The predicted octanol–water partition coefficient (Wildman–Crippen LogP) is 2.12. The summed E-state index contributed by atoms with van der Waals surface area (Å²) in [5, 5.41) is 5.29. The number of carbonyl (C=O) groups is 3. The van der Waals surface area contributed by atoms with Gasteiger partial charge in [-0.3, -0.25) is 9.59 Å². The van der Waals surface area contributed by atoms with E-state index in [0.717, 1.165) is 24.2 Å².